The van der Waals surface area contributed by atoms with Crippen molar-refractivity contribution in [2.24, 2.45) is 0 Å². The Morgan fingerprint density at radius 2 is 2.11 bits per heavy atom. The summed E-state index contributed by atoms with van der Waals surface area (Å²) in [6, 6.07) is 8.58. The zero-order valence-electron chi connectivity index (χ0n) is 11.6. The molecule has 1 aromatic rings. The molecule has 0 radical (unpaired) electrons. The number of hydrogen-bond donors (Lipinski definition) is 1. The first-order valence-corrected chi connectivity index (χ1v) is 8.65. The van der Waals surface area contributed by atoms with Crippen LogP contribution in [0.4, 0.5) is 11.4 Å². The van der Waals surface area contributed by atoms with Crippen molar-refractivity contribution >= 4 is 21.2 Å². The molecule has 2 rings (SSSR count). The Morgan fingerprint density at radius 1 is 1.37 bits per heavy atom. The maximum Gasteiger partial charge on any atom is 0.150 e. The Labute approximate surface area is 115 Å². The molecule has 0 saturated carbocycles. The Balaban J connectivity index is 2.04. The molecular weight excluding hydrogens is 260 g/mol. The third-order valence-corrected chi connectivity index (χ3v) is 5.42. The van der Waals surface area contributed by atoms with E-state index in [1.807, 2.05) is 12.1 Å². The van der Waals surface area contributed by atoms with Crippen LogP contribution in [0.5, 0.6) is 0 Å². The highest BCUT2D eigenvalue weighted by Gasteiger charge is 2.22. The third kappa shape index (κ3) is 3.41. The summed E-state index contributed by atoms with van der Waals surface area (Å²) < 4.78 is 23.1. The highest BCUT2D eigenvalue weighted by molar-refractivity contribution is 7.91. The molecule has 1 aliphatic rings. The summed E-state index contributed by atoms with van der Waals surface area (Å²) in [5.74, 6) is 0.517. The summed E-state index contributed by atoms with van der Waals surface area (Å²) in [6.45, 7) is 5.56. The van der Waals surface area contributed by atoms with E-state index >= 15 is 0 Å². The van der Waals surface area contributed by atoms with E-state index < -0.39 is 9.84 Å². The van der Waals surface area contributed by atoms with Crippen LogP contribution < -0.4 is 10.2 Å². The molecule has 106 valence electrons. The van der Waals surface area contributed by atoms with Gasteiger partial charge < -0.3 is 10.2 Å². The lowest BCUT2D eigenvalue weighted by Crippen LogP contribution is -2.43. The number of sulfone groups is 1. The predicted octanol–water partition coefficient (Wildman–Crippen LogP) is 2.13. The van der Waals surface area contributed by atoms with Gasteiger partial charge >= 0.3 is 0 Å². The van der Waals surface area contributed by atoms with E-state index in [1.165, 1.54) is 5.69 Å². The number of nitrogens with zero attached hydrogens (tertiary/aromatic N) is 1. The molecule has 0 aliphatic carbocycles. The average molecular weight is 282 g/mol. The van der Waals surface area contributed by atoms with Crippen LogP contribution in [0, 0.1) is 0 Å². The summed E-state index contributed by atoms with van der Waals surface area (Å²) >= 11 is 0. The Morgan fingerprint density at radius 3 is 2.84 bits per heavy atom. The number of benzene rings is 1. The fraction of sp³-hybridized carbons (Fsp3) is 0.571. The number of rotatable bonds is 5. The molecule has 1 aromatic carbocycles. The molecule has 4 nitrogen and oxygen atoms in total. The van der Waals surface area contributed by atoms with Crippen LogP contribution in [0.25, 0.3) is 0 Å². The first-order chi connectivity index (χ1) is 9.03. The van der Waals surface area contributed by atoms with Gasteiger partial charge in [0, 0.05) is 24.9 Å². The average Bonchev–Trinajstić information content (AvgIpc) is 2.41. The lowest BCUT2D eigenvalue weighted by Gasteiger charge is -2.37. The van der Waals surface area contributed by atoms with Crippen molar-refractivity contribution in [3.05, 3.63) is 24.3 Å². The quantitative estimate of drug-likeness (QED) is 0.899. The van der Waals surface area contributed by atoms with Crippen molar-refractivity contribution in [3.63, 3.8) is 0 Å². The Bertz CT molecular complexity index is 528. The largest absolute Gasteiger partial charge is 0.381 e. The van der Waals surface area contributed by atoms with E-state index in [0.717, 1.165) is 18.8 Å². The summed E-state index contributed by atoms with van der Waals surface area (Å²) in [6.07, 6.45) is 0.689. The van der Waals surface area contributed by atoms with Crippen LogP contribution in [-0.4, -0.2) is 39.1 Å². The minimum Gasteiger partial charge on any atom is -0.381 e. The second kappa shape index (κ2) is 5.82. The minimum absolute atomic E-state index is 0.237. The van der Waals surface area contributed by atoms with E-state index in [0.29, 0.717) is 12.5 Å². The van der Waals surface area contributed by atoms with Crippen LogP contribution in [0.15, 0.2) is 24.3 Å². The van der Waals surface area contributed by atoms with Gasteiger partial charge in [0.2, 0.25) is 0 Å². The number of hydrogen-bond acceptors (Lipinski definition) is 4. The van der Waals surface area contributed by atoms with E-state index in [4.69, 9.17) is 0 Å². The lowest BCUT2D eigenvalue weighted by atomic mass is 10.1. The fourth-order valence-electron chi connectivity index (χ4n) is 2.42. The van der Waals surface area contributed by atoms with Crippen molar-refractivity contribution in [1.82, 2.24) is 0 Å². The summed E-state index contributed by atoms with van der Waals surface area (Å²) in [4.78, 5) is 2.30. The second-order valence-corrected chi connectivity index (χ2v) is 7.50. The zero-order chi connectivity index (χ0) is 13.9. The van der Waals surface area contributed by atoms with Crippen LogP contribution in [-0.2, 0) is 9.84 Å². The molecular formula is C14H22N2O2S. The van der Waals surface area contributed by atoms with Gasteiger partial charge in [-0.3, -0.25) is 0 Å². The normalized spacial score (nSPS) is 18.8. The smallest absolute Gasteiger partial charge is 0.150 e. The molecule has 0 amide bonds. The molecule has 0 aromatic heterocycles. The third-order valence-electron chi connectivity index (χ3n) is 3.63. The molecule has 0 saturated heterocycles. The number of anilines is 2. The van der Waals surface area contributed by atoms with Gasteiger partial charge in [-0.05, 0) is 25.5 Å². The van der Waals surface area contributed by atoms with Gasteiger partial charge in [-0.15, -0.1) is 0 Å². The molecule has 19 heavy (non-hydrogen) atoms. The van der Waals surface area contributed by atoms with Crippen molar-refractivity contribution in [2.45, 2.75) is 26.3 Å². The van der Waals surface area contributed by atoms with Crippen molar-refractivity contribution in [3.8, 4) is 0 Å². The van der Waals surface area contributed by atoms with Crippen LogP contribution >= 0.6 is 0 Å². The van der Waals surface area contributed by atoms with E-state index in [9.17, 15) is 8.42 Å². The predicted molar refractivity (Wildman–Crippen MR) is 80.7 cm³/mol. The maximum atomic E-state index is 11.5. The molecule has 1 heterocycles. The summed E-state index contributed by atoms with van der Waals surface area (Å²) in [5.41, 5.74) is 2.31. The first kappa shape index (κ1) is 14.2. The number of nitrogens with one attached hydrogen (secondary N) is 1. The highest BCUT2D eigenvalue weighted by atomic mass is 32.2. The van der Waals surface area contributed by atoms with E-state index in [1.54, 1.807) is 6.92 Å². The lowest BCUT2D eigenvalue weighted by molar-refractivity contribution is 0.588. The van der Waals surface area contributed by atoms with Gasteiger partial charge in [0.05, 0.1) is 17.1 Å². The van der Waals surface area contributed by atoms with E-state index in [2.05, 4.69) is 29.3 Å². The Hall–Kier alpha value is -1.23. The summed E-state index contributed by atoms with van der Waals surface area (Å²) in [7, 11) is -2.86. The summed E-state index contributed by atoms with van der Waals surface area (Å²) in [5, 5.41) is 3.40. The van der Waals surface area contributed by atoms with Gasteiger partial charge in [0.25, 0.3) is 0 Å². The van der Waals surface area contributed by atoms with Gasteiger partial charge in [0.15, 0.2) is 0 Å². The standard InChI is InChI=1S/C14H22N2O2S/c1-3-19(17,18)10-6-9-16-12(2)11-15-13-7-4-5-8-14(13)16/h4-5,7-8,12,15H,3,6,9-11H2,1-2H3. The van der Waals surface area contributed by atoms with Crippen LogP contribution in [0.1, 0.15) is 20.3 Å². The molecule has 0 fully saturated rings. The van der Waals surface area contributed by atoms with Gasteiger partial charge in [-0.2, -0.15) is 0 Å². The fourth-order valence-corrected chi connectivity index (χ4v) is 3.28. The monoisotopic (exact) mass is 282 g/mol. The number of fused-ring (bicyclic) bond motifs is 1. The highest BCUT2D eigenvalue weighted by Crippen LogP contribution is 2.30. The van der Waals surface area contributed by atoms with Crippen molar-refractivity contribution < 1.29 is 8.42 Å². The molecule has 1 unspecified atom stereocenters. The van der Waals surface area contributed by atoms with Crippen LogP contribution in [0.3, 0.4) is 0 Å². The molecule has 0 spiro atoms. The van der Waals surface area contributed by atoms with E-state index in [-0.39, 0.29) is 11.5 Å². The molecule has 1 N–H and O–H groups in total. The SMILES string of the molecule is CCS(=O)(=O)CCCN1c2ccccc2NCC1C. The van der Waals surface area contributed by atoms with Gasteiger partial charge in [0.1, 0.15) is 9.84 Å². The molecule has 1 atom stereocenters. The van der Waals surface area contributed by atoms with Crippen LogP contribution in [0.2, 0.25) is 0 Å². The number of para-hydroxylation sites is 2. The minimum atomic E-state index is -2.86. The molecule has 0 bridgehead atoms. The zero-order valence-corrected chi connectivity index (χ0v) is 12.4. The van der Waals surface area contributed by atoms with Gasteiger partial charge in [-0.1, -0.05) is 19.1 Å². The maximum absolute atomic E-state index is 11.5. The van der Waals surface area contributed by atoms with Gasteiger partial charge in [-0.25, -0.2) is 8.42 Å². The first-order valence-electron chi connectivity index (χ1n) is 6.83. The Kier molecular flexibility index (Phi) is 4.34. The topological polar surface area (TPSA) is 49.4 Å². The molecule has 5 heteroatoms. The van der Waals surface area contributed by atoms with Crippen molar-refractivity contribution in [2.75, 3.05) is 34.8 Å². The van der Waals surface area contributed by atoms with Crippen molar-refractivity contribution in [1.29, 1.82) is 0 Å². The molecule has 1 aliphatic heterocycles. The second-order valence-electron chi connectivity index (χ2n) is 5.03.